The van der Waals surface area contributed by atoms with Gasteiger partial charge in [0.1, 0.15) is 0 Å². The lowest BCUT2D eigenvalue weighted by Gasteiger charge is -2.35. The van der Waals surface area contributed by atoms with Crippen molar-refractivity contribution in [2.24, 2.45) is 0 Å². The van der Waals surface area contributed by atoms with E-state index in [4.69, 9.17) is 4.74 Å². The molecule has 1 aromatic carbocycles. The van der Waals surface area contributed by atoms with Crippen molar-refractivity contribution < 1.29 is 22.7 Å². The Labute approximate surface area is 168 Å². The fourth-order valence-electron chi connectivity index (χ4n) is 2.75. The van der Waals surface area contributed by atoms with Crippen molar-refractivity contribution in [3.8, 4) is 0 Å². The van der Waals surface area contributed by atoms with Gasteiger partial charge in [0.05, 0.1) is 17.1 Å². The fraction of sp³-hybridized carbons (Fsp3) is 0.529. The van der Waals surface area contributed by atoms with E-state index in [2.05, 4.69) is 20.7 Å². The maximum absolute atomic E-state index is 12.9. The second-order valence-electron chi connectivity index (χ2n) is 6.06. The van der Waals surface area contributed by atoms with Crippen LogP contribution in [-0.4, -0.2) is 76.5 Å². The number of benzene rings is 1. The molecule has 150 valence electrons. The molecule has 2 amide bonds. The minimum Gasteiger partial charge on any atom is -0.383 e. The van der Waals surface area contributed by atoms with Crippen molar-refractivity contribution in [1.82, 2.24) is 14.5 Å². The zero-order valence-electron chi connectivity index (χ0n) is 15.4. The van der Waals surface area contributed by atoms with Gasteiger partial charge in [-0.15, -0.1) is 0 Å². The van der Waals surface area contributed by atoms with E-state index in [1.165, 1.54) is 19.2 Å². The molecule has 0 bridgehead atoms. The van der Waals surface area contributed by atoms with Crippen LogP contribution in [0.2, 0.25) is 0 Å². The molecule has 0 aromatic heterocycles. The molecular weight excluding hydrogens is 438 g/mol. The number of nitrogens with zero attached hydrogens (tertiary/aromatic N) is 2. The van der Waals surface area contributed by atoms with E-state index in [-0.39, 0.29) is 35.4 Å². The first-order valence-corrected chi connectivity index (χ1v) is 10.9. The summed E-state index contributed by atoms with van der Waals surface area (Å²) >= 11 is 3.33. The lowest BCUT2D eigenvalue weighted by atomic mass is 10.1. The van der Waals surface area contributed by atoms with Gasteiger partial charge in [0.15, 0.2) is 0 Å². The first-order valence-electron chi connectivity index (χ1n) is 8.65. The highest BCUT2D eigenvalue weighted by molar-refractivity contribution is 9.10. The van der Waals surface area contributed by atoms with Crippen molar-refractivity contribution in [3.05, 3.63) is 28.2 Å². The number of hydrogen-bond donors (Lipinski definition) is 1. The number of ether oxygens (including phenoxy) is 1. The van der Waals surface area contributed by atoms with E-state index in [1.54, 1.807) is 15.9 Å². The second-order valence-corrected chi connectivity index (χ2v) is 8.68. The van der Waals surface area contributed by atoms with Crippen LogP contribution in [0.15, 0.2) is 27.6 Å². The third kappa shape index (κ3) is 5.50. The molecule has 2 rings (SSSR count). The lowest BCUT2D eigenvalue weighted by Crippen LogP contribution is -2.50. The molecule has 1 N–H and O–H groups in total. The van der Waals surface area contributed by atoms with Gasteiger partial charge in [-0.05, 0) is 34.1 Å². The zero-order chi connectivity index (χ0) is 20.0. The molecule has 0 atom stereocenters. The maximum atomic E-state index is 12.9. The highest BCUT2D eigenvalue weighted by atomic mass is 79.9. The Balaban J connectivity index is 2.14. The standard InChI is InChI=1S/C17H24BrN3O5S/c1-3-16(22)20-7-9-21(10-8-20)17(23)14-12-13(4-5-15(14)18)27(24,25)19-6-11-26-2/h4-5,12,19H,3,6-11H2,1-2H3. The number of amides is 2. The van der Waals surface area contributed by atoms with E-state index in [1.807, 2.05) is 6.92 Å². The smallest absolute Gasteiger partial charge is 0.255 e. The number of carbonyl (C=O) groups excluding carboxylic acids is 2. The van der Waals surface area contributed by atoms with Crippen molar-refractivity contribution in [1.29, 1.82) is 0 Å². The van der Waals surface area contributed by atoms with E-state index in [9.17, 15) is 18.0 Å². The summed E-state index contributed by atoms with van der Waals surface area (Å²) in [7, 11) is -2.25. The van der Waals surface area contributed by atoms with Crippen LogP contribution in [0.25, 0.3) is 0 Å². The van der Waals surface area contributed by atoms with E-state index in [0.717, 1.165) is 0 Å². The summed E-state index contributed by atoms with van der Waals surface area (Å²) in [5, 5.41) is 0. The zero-order valence-corrected chi connectivity index (χ0v) is 17.8. The molecule has 1 saturated heterocycles. The van der Waals surface area contributed by atoms with Crippen molar-refractivity contribution in [2.45, 2.75) is 18.2 Å². The molecule has 1 aliphatic rings. The van der Waals surface area contributed by atoms with Crippen LogP contribution >= 0.6 is 15.9 Å². The average molecular weight is 462 g/mol. The summed E-state index contributed by atoms with van der Waals surface area (Å²) in [6.07, 6.45) is 0.440. The molecule has 0 unspecified atom stereocenters. The average Bonchev–Trinajstić information content (AvgIpc) is 2.67. The van der Waals surface area contributed by atoms with Crippen molar-refractivity contribution in [3.63, 3.8) is 0 Å². The number of sulfonamides is 1. The Kier molecular flexibility index (Phi) is 7.78. The largest absolute Gasteiger partial charge is 0.383 e. The molecule has 1 fully saturated rings. The van der Waals surface area contributed by atoms with Crippen LogP contribution in [0.1, 0.15) is 23.7 Å². The fourth-order valence-corrected chi connectivity index (χ4v) is 4.20. The number of halogens is 1. The SMILES string of the molecule is CCC(=O)N1CCN(C(=O)c2cc(S(=O)(=O)NCCOC)ccc2Br)CC1. The van der Waals surface area contributed by atoms with Gasteiger partial charge >= 0.3 is 0 Å². The first-order chi connectivity index (χ1) is 12.8. The van der Waals surface area contributed by atoms with Gasteiger partial charge in [-0.25, -0.2) is 13.1 Å². The third-order valence-corrected chi connectivity index (χ3v) is 6.45. The minimum absolute atomic E-state index is 0.0185. The predicted octanol–water partition coefficient (Wildman–Crippen LogP) is 1.07. The monoisotopic (exact) mass is 461 g/mol. The Morgan fingerprint density at radius 2 is 1.81 bits per heavy atom. The van der Waals surface area contributed by atoms with Gasteiger partial charge < -0.3 is 14.5 Å². The van der Waals surface area contributed by atoms with Crippen LogP contribution < -0.4 is 4.72 Å². The summed E-state index contributed by atoms with van der Waals surface area (Å²) in [5.41, 5.74) is 0.278. The van der Waals surface area contributed by atoms with Crippen LogP contribution in [0.3, 0.4) is 0 Å². The summed E-state index contributed by atoms with van der Waals surface area (Å²) in [6.45, 7) is 4.00. The first kappa shape index (κ1) is 21.8. The summed E-state index contributed by atoms with van der Waals surface area (Å²) in [4.78, 5) is 28.0. The van der Waals surface area contributed by atoms with Gasteiger partial charge in [0, 0.05) is 50.7 Å². The van der Waals surface area contributed by atoms with Gasteiger partial charge in [-0.1, -0.05) is 6.92 Å². The summed E-state index contributed by atoms with van der Waals surface area (Å²) in [6, 6.07) is 4.36. The number of hydrogen-bond acceptors (Lipinski definition) is 5. The van der Waals surface area contributed by atoms with Gasteiger partial charge in [0.2, 0.25) is 15.9 Å². The van der Waals surface area contributed by atoms with Gasteiger partial charge in [-0.2, -0.15) is 0 Å². The number of piperazine rings is 1. The van der Waals surface area contributed by atoms with E-state index < -0.39 is 10.0 Å². The van der Waals surface area contributed by atoms with Crippen LogP contribution in [0.5, 0.6) is 0 Å². The maximum Gasteiger partial charge on any atom is 0.255 e. The van der Waals surface area contributed by atoms with E-state index in [0.29, 0.717) is 37.1 Å². The molecule has 10 heteroatoms. The van der Waals surface area contributed by atoms with Gasteiger partial charge in [0.25, 0.3) is 5.91 Å². The highest BCUT2D eigenvalue weighted by Crippen LogP contribution is 2.23. The molecule has 1 aromatic rings. The van der Waals surface area contributed by atoms with Gasteiger partial charge in [-0.3, -0.25) is 9.59 Å². The Hall–Kier alpha value is -1.49. The Morgan fingerprint density at radius 3 is 2.41 bits per heavy atom. The van der Waals surface area contributed by atoms with E-state index >= 15 is 0 Å². The van der Waals surface area contributed by atoms with Crippen molar-refractivity contribution >= 4 is 37.8 Å². The molecule has 27 heavy (non-hydrogen) atoms. The van der Waals surface area contributed by atoms with Crippen LogP contribution in [0, 0.1) is 0 Å². The molecule has 0 spiro atoms. The second kappa shape index (κ2) is 9.63. The molecule has 0 saturated carbocycles. The van der Waals surface area contributed by atoms with Crippen molar-refractivity contribution in [2.75, 3.05) is 46.4 Å². The minimum atomic E-state index is -3.73. The van der Waals surface area contributed by atoms with Crippen LogP contribution in [-0.2, 0) is 19.6 Å². The Bertz CT molecular complexity index is 792. The quantitative estimate of drug-likeness (QED) is 0.612. The predicted molar refractivity (Wildman–Crippen MR) is 104 cm³/mol. The molecule has 0 radical (unpaired) electrons. The normalized spacial score (nSPS) is 15.1. The highest BCUT2D eigenvalue weighted by Gasteiger charge is 2.26. The molecule has 8 nitrogen and oxygen atoms in total. The molecule has 1 aliphatic heterocycles. The number of methoxy groups -OCH3 is 1. The number of nitrogens with one attached hydrogen (secondary N) is 1. The Morgan fingerprint density at radius 1 is 1.19 bits per heavy atom. The molecule has 0 aliphatic carbocycles. The summed E-state index contributed by atoms with van der Waals surface area (Å²) in [5.74, 6) is -0.196. The van der Waals surface area contributed by atoms with Crippen LogP contribution in [0.4, 0.5) is 0 Å². The summed E-state index contributed by atoms with van der Waals surface area (Å²) < 4.78 is 32.5. The third-order valence-electron chi connectivity index (χ3n) is 4.30. The lowest BCUT2D eigenvalue weighted by molar-refractivity contribution is -0.132. The number of carbonyl (C=O) groups is 2. The molecular formula is C17H24BrN3O5S. The number of rotatable bonds is 7. The molecule has 1 heterocycles. The topological polar surface area (TPSA) is 96.0 Å².